The number of ether oxygens (including phenoxy) is 1. The molecule has 1 aromatic carbocycles. The van der Waals surface area contributed by atoms with Crippen molar-refractivity contribution in [3.63, 3.8) is 0 Å². The fourth-order valence-corrected chi connectivity index (χ4v) is 2.05. The van der Waals surface area contributed by atoms with Gasteiger partial charge in [-0.3, -0.25) is 0 Å². The number of esters is 1. The zero-order valence-electron chi connectivity index (χ0n) is 11.9. The summed E-state index contributed by atoms with van der Waals surface area (Å²) in [5.41, 5.74) is 2.26. The van der Waals surface area contributed by atoms with E-state index in [4.69, 9.17) is 9.15 Å². The summed E-state index contributed by atoms with van der Waals surface area (Å²) in [6.45, 7) is 4.26. The molecule has 1 aromatic heterocycles. The van der Waals surface area contributed by atoms with Crippen LogP contribution in [0.2, 0.25) is 0 Å². The molecule has 0 spiro atoms. The van der Waals surface area contributed by atoms with Gasteiger partial charge in [0.05, 0.1) is 6.26 Å². The molecule has 4 heteroatoms. The Labute approximate surface area is 122 Å². The van der Waals surface area contributed by atoms with E-state index in [1.807, 2.05) is 24.3 Å². The third-order valence-corrected chi connectivity index (χ3v) is 3.27. The Morgan fingerprint density at radius 2 is 1.90 bits per heavy atom. The standard InChI is InChI=1S/C17H15NO3/c1-11(2)12-5-7-13(8-6-12)16-18-15(17(19)21-16)10-14-4-3-9-20-14/h3-11H,1-2H3. The topological polar surface area (TPSA) is 51.8 Å². The van der Waals surface area contributed by atoms with Gasteiger partial charge in [-0.1, -0.05) is 26.0 Å². The number of furan rings is 1. The van der Waals surface area contributed by atoms with E-state index in [-0.39, 0.29) is 5.70 Å². The van der Waals surface area contributed by atoms with Crippen LogP contribution in [0, 0.1) is 0 Å². The first-order chi connectivity index (χ1) is 10.1. The predicted molar refractivity (Wildman–Crippen MR) is 79.8 cm³/mol. The number of hydrogen-bond acceptors (Lipinski definition) is 4. The molecule has 0 fully saturated rings. The minimum absolute atomic E-state index is 0.243. The van der Waals surface area contributed by atoms with Gasteiger partial charge < -0.3 is 9.15 Å². The molecule has 0 saturated carbocycles. The van der Waals surface area contributed by atoms with Crippen molar-refractivity contribution in [2.45, 2.75) is 19.8 Å². The van der Waals surface area contributed by atoms with E-state index in [9.17, 15) is 4.79 Å². The lowest BCUT2D eigenvalue weighted by Crippen LogP contribution is -2.05. The van der Waals surface area contributed by atoms with Crippen LogP contribution in [0.25, 0.3) is 6.08 Å². The first-order valence-corrected chi connectivity index (χ1v) is 6.80. The van der Waals surface area contributed by atoms with Crippen molar-refractivity contribution in [3.05, 3.63) is 65.2 Å². The molecule has 0 saturated heterocycles. The zero-order chi connectivity index (χ0) is 14.8. The Kier molecular flexibility index (Phi) is 3.44. The molecule has 0 radical (unpaired) electrons. The lowest BCUT2D eigenvalue weighted by Gasteiger charge is -2.05. The van der Waals surface area contributed by atoms with Gasteiger partial charge in [0.1, 0.15) is 5.76 Å². The average molecular weight is 281 g/mol. The van der Waals surface area contributed by atoms with Gasteiger partial charge in [-0.15, -0.1) is 0 Å². The summed E-state index contributed by atoms with van der Waals surface area (Å²) < 4.78 is 10.4. The molecule has 4 nitrogen and oxygen atoms in total. The van der Waals surface area contributed by atoms with E-state index in [2.05, 4.69) is 18.8 Å². The minimum atomic E-state index is -0.464. The van der Waals surface area contributed by atoms with E-state index < -0.39 is 5.97 Å². The molecular formula is C17H15NO3. The van der Waals surface area contributed by atoms with Crippen LogP contribution in [0.5, 0.6) is 0 Å². The fourth-order valence-electron chi connectivity index (χ4n) is 2.05. The maximum Gasteiger partial charge on any atom is 0.363 e. The lowest BCUT2D eigenvalue weighted by molar-refractivity contribution is -0.129. The number of nitrogens with zero attached hydrogens (tertiary/aromatic N) is 1. The minimum Gasteiger partial charge on any atom is -0.465 e. The van der Waals surface area contributed by atoms with E-state index in [0.717, 1.165) is 5.56 Å². The second kappa shape index (κ2) is 5.40. The van der Waals surface area contributed by atoms with Crippen molar-refractivity contribution in [3.8, 4) is 0 Å². The number of cyclic esters (lactones) is 1. The summed E-state index contributed by atoms with van der Waals surface area (Å²) in [5.74, 6) is 0.895. The number of carbonyl (C=O) groups is 1. The van der Waals surface area contributed by atoms with Crippen LogP contribution in [0.3, 0.4) is 0 Å². The molecule has 1 aliphatic heterocycles. The fraction of sp³-hybridized carbons (Fsp3) is 0.176. The summed E-state index contributed by atoms with van der Waals surface area (Å²) in [6.07, 6.45) is 3.11. The van der Waals surface area contributed by atoms with Gasteiger partial charge in [0.2, 0.25) is 5.90 Å². The summed E-state index contributed by atoms with van der Waals surface area (Å²) in [5, 5.41) is 0. The second-order valence-corrected chi connectivity index (χ2v) is 5.13. The van der Waals surface area contributed by atoms with Crippen molar-refractivity contribution >= 4 is 17.9 Å². The maximum absolute atomic E-state index is 11.8. The van der Waals surface area contributed by atoms with Crippen LogP contribution < -0.4 is 0 Å². The van der Waals surface area contributed by atoms with Crippen molar-refractivity contribution in [1.82, 2.24) is 0 Å². The Morgan fingerprint density at radius 1 is 1.14 bits per heavy atom. The molecule has 0 unspecified atom stereocenters. The van der Waals surface area contributed by atoms with Gasteiger partial charge in [-0.2, -0.15) is 0 Å². The van der Waals surface area contributed by atoms with Gasteiger partial charge in [-0.25, -0.2) is 9.79 Å². The molecule has 0 bridgehead atoms. The highest BCUT2D eigenvalue weighted by Gasteiger charge is 2.24. The van der Waals surface area contributed by atoms with E-state index >= 15 is 0 Å². The molecule has 1 aliphatic rings. The largest absolute Gasteiger partial charge is 0.465 e. The molecule has 0 aliphatic carbocycles. The smallest absolute Gasteiger partial charge is 0.363 e. The molecule has 106 valence electrons. The third kappa shape index (κ3) is 2.79. The molecule has 21 heavy (non-hydrogen) atoms. The first-order valence-electron chi connectivity index (χ1n) is 6.80. The zero-order valence-corrected chi connectivity index (χ0v) is 11.9. The maximum atomic E-state index is 11.8. The first kappa shape index (κ1) is 13.4. The van der Waals surface area contributed by atoms with Gasteiger partial charge in [0.25, 0.3) is 0 Å². The van der Waals surface area contributed by atoms with Crippen LogP contribution in [-0.2, 0) is 9.53 Å². The van der Waals surface area contributed by atoms with E-state index in [0.29, 0.717) is 17.6 Å². The van der Waals surface area contributed by atoms with Crippen molar-refractivity contribution in [2.75, 3.05) is 0 Å². The SMILES string of the molecule is CC(C)c1ccc(C2=NC(=Cc3ccco3)C(=O)O2)cc1. The summed E-state index contributed by atoms with van der Waals surface area (Å²) in [6, 6.07) is 11.4. The van der Waals surface area contributed by atoms with Crippen LogP contribution in [0.1, 0.15) is 36.7 Å². The Morgan fingerprint density at radius 3 is 2.52 bits per heavy atom. The van der Waals surface area contributed by atoms with Crippen LogP contribution in [0.4, 0.5) is 0 Å². The van der Waals surface area contributed by atoms with Crippen molar-refractivity contribution in [1.29, 1.82) is 0 Å². The highest BCUT2D eigenvalue weighted by Crippen LogP contribution is 2.21. The number of carbonyl (C=O) groups excluding carboxylic acids is 1. The van der Waals surface area contributed by atoms with Crippen LogP contribution in [0.15, 0.2) is 57.8 Å². The van der Waals surface area contributed by atoms with Gasteiger partial charge in [0, 0.05) is 11.6 Å². The number of benzene rings is 1. The van der Waals surface area contributed by atoms with Crippen LogP contribution in [-0.4, -0.2) is 11.9 Å². The molecule has 2 aromatic rings. The normalized spacial score (nSPS) is 16.4. The van der Waals surface area contributed by atoms with Crippen LogP contribution >= 0.6 is 0 Å². The van der Waals surface area contributed by atoms with Crippen molar-refractivity contribution < 1.29 is 13.9 Å². The number of aliphatic imine (C=N–C) groups is 1. The van der Waals surface area contributed by atoms with Gasteiger partial charge >= 0.3 is 5.97 Å². The summed E-state index contributed by atoms with van der Waals surface area (Å²) in [7, 11) is 0. The molecule has 0 atom stereocenters. The summed E-state index contributed by atoms with van der Waals surface area (Å²) >= 11 is 0. The number of rotatable bonds is 3. The predicted octanol–water partition coefficient (Wildman–Crippen LogP) is 3.75. The van der Waals surface area contributed by atoms with E-state index in [1.54, 1.807) is 24.5 Å². The molecule has 2 heterocycles. The molecule has 0 amide bonds. The van der Waals surface area contributed by atoms with Gasteiger partial charge in [-0.05, 0) is 35.7 Å². The van der Waals surface area contributed by atoms with E-state index in [1.165, 1.54) is 5.56 Å². The lowest BCUT2D eigenvalue weighted by atomic mass is 10.0. The third-order valence-electron chi connectivity index (χ3n) is 3.27. The number of hydrogen-bond donors (Lipinski definition) is 0. The Hall–Kier alpha value is -2.62. The quantitative estimate of drug-likeness (QED) is 0.636. The molecule has 0 N–H and O–H groups in total. The Balaban J connectivity index is 1.88. The Bertz CT molecular complexity index is 707. The molecule has 3 rings (SSSR count). The van der Waals surface area contributed by atoms with Crippen molar-refractivity contribution in [2.24, 2.45) is 4.99 Å². The molecular weight excluding hydrogens is 266 g/mol. The highest BCUT2D eigenvalue weighted by atomic mass is 16.6. The second-order valence-electron chi connectivity index (χ2n) is 5.13. The summed E-state index contributed by atoms with van der Waals surface area (Å²) in [4.78, 5) is 16.0. The average Bonchev–Trinajstić information content (AvgIpc) is 3.10. The monoisotopic (exact) mass is 281 g/mol. The van der Waals surface area contributed by atoms with Gasteiger partial charge in [0.15, 0.2) is 5.70 Å². The highest BCUT2D eigenvalue weighted by molar-refractivity contribution is 6.12.